The van der Waals surface area contributed by atoms with E-state index in [1.165, 1.54) is 0 Å². The average Bonchev–Trinajstić information content (AvgIpc) is 3.10. The number of piperidine rings is 1. The number of anilines is 1. The Kier molecular flexibility index (Phi) is 4.67. The third-order valence-corrected chi connectivity index (χ3v) is 5.28. The van der Waals surface area contributed by atoms with Crippen molar-refractivity contribution >= 4 is 22.6 Å². The second-order valence-corrected chi connectivity index (χ2v) is 8.50. The molecule has 1 aliphatic heterocycles. The van der Waals surface area contributed by atoms with E-state index >= 15 is 0 Å². The van der Waals surface area contributed by atoms with Crippen molar-refractivity contribution in [3.8, 4) is 11.3 Å². The predicted octanol–water partition coefficient (Wildman–Crippen LogP) is 3.81. The van der Waals surface area contributed by atoms with Crippen LogP contribution >= 0.6 is 0 Å². The Morgan fingerprint density at radius 3 is 2.71 bits per heavy atom. The highest BCUT2D eigenvalue weighted by Gasteiger charge is 2.26. The van der Waals surface area contributed by atoms with E-state index in [1.807, 2.05) is 32.9 Å². The molecule has 6 heteroatoms. The summed E-state index contributed by atoms with van der Waals surface area (Å²) in [7, 11) is 0. The van der Waals surface area contributed by atoms with E-state index in [-0.39, 0.29) is 11.9 Å². The molecule has 1 saturated heterocycles. The van der Waals surface area contributed by atoms with Gasteiger partial charge >= 0.3 is 0 Å². The lowest BCUT2D eigenvalue weighted by molar-refractivity contribution is 0.0860. The number of ketones is 1. The van der Waals surface area contributed by atoms with Gasteiger partial charge in [-0.3, -0.25) is 4.79 Å². The van der Waals surface area contributed by atoms with E-state index in [0.29, 0.717) is 16.7 Å². The zero-order valence-corrected chi connectivity index (χ0v) is 16.6. The van der Waals surface area contributed by atoms with Crippen molar-refractivity contribution in [1.82, 2.24) is 15.0 Å². The van der Waals surface area contributed by atoms with Crippen LogP contribution in [0.4, 0.5) is 5.69 Å². The van der Waals surface area contributed by atoms with Crippen LogP contribution in [0.3, 0.4) is 0 Å². The van der Waals surface area contributed by atoms with Crippen molar-refractivity contribution in [3.05, 3.63) is 42.2 Å². The number of H-pyrrole nitrogens is 1. The van der Waals surface area contributed by atoms with Crippen molar-refractivity contribution in [2.75, 3.05) is 18.0 Å². The molecule has 146 valence electrons. The average molecular weight is 378 g/mol. The Hall–Kier alpha value is -2.73. The second-order valence-electron chi connectivity index (χ2n) is 8.50. The molecule has 4 rings (SSSR count). The number of hydrogen-bond donors (Lipinski definition) is 2. The molecule has 0 unspecified atom stereocenters. The number of hydrogen-bond acceptors (Lipinski definition) is 5. The fourth-order valence-electron chi connectivity index (χ4n) is 3.59. The van der Waals surface area contributed by atoms with Crippen LogP contribution in [0, 0.1) is 5.41 Å². The molecule has 0 radical (unpaired) electrons. The standard InChI is InChI=1S/C22H26N4O2/c1-22(2,3)20(28)17-12-23-21-19(17)25-18(13-24-21)14-5-4-6-15(11-14)26-9-7-16(27)8-10-26/h4-6,11-13,16,27H,7-10H2,1-3H3,(H,23,24). The molecular weight excluding hydrogens is 352 g/mol. The van der Waals surface area contributed by atoms with E-state index in [1.54, 1.807) is 12.4 Å². The van der Waals surface area contributed by atoms with Gasteiger partial charge in [0, 0.05) is 36.0 Å². The van der Waals surface area contributed by atoms with Gasteiger partial charge < -0.3 is 15.0 Å². The predicted molar refractivity (Wildman–Crippen MR) is 111 cm³/mol. The Morgan fingerprint density at radius 2 is 2.00 bits per heavy atom. The van der Waals surface area contributed by atoms with Crippen LogP contribution in [0.5, 0.6) is 0 Å². The molecule has 0 saturated carbocycles. The molecule has 0 aliphatic carbocycles. The van der Waals surface area contributed by atoms with Gasteiger partial charge in [-0.05, 0) is 25.0 Å². The van der Waals surface area contributed by atoms with Crippen molar-refractivity contribution < 1.29 is 9.90 Å². The van der Waals surface area contributed by atoms with Crippen LogP contribution in [0.1, 0.15) is 44.0 Å². The number of fused-ring (bicyclic) bond motifs is 1. The molecule has 2 aromatic heterocycles. The van der Waals surface area contributed by atoms with E-state index < -0.39 is 5.41 Å². The van der Waals surface area contributed by atoms with E-state index in [2.05, 4.69) is 27.0 Å². The first-order valence-electron chi connectivity index (χ1n) is 9.75. The molecule has 1 aliphatic rings. The number of aliphatic hydroxyl groups excluding tert-OH is 1. The molecule has 0 amide bonds. The highest BCUT2D eigenvalue weighted by Crippen LogP contribution is 2.29. The minimum absolute atomic E-state index is 0.0471. The summed E-state index contributed by atoms with van der Waals surface area (Å²) in [6, 6.07) is 8.21. The van der Waals surface area contributed by atoms with Crippen LogP contribution < -0.4 is 4.90 Å². The molecule has 3 aromatic rings. The number of aromatic amines is 1. The number of nitrogens with one attached hydrogen (secondary N) is 1. The number of Topliss-reactive ketones (excluding diaryl/α,β-unsaturated/α-hetero) is 1. The van der Waals surface area contributed by atoms with Gasteiger partial charge in [0.25, 0.3) is 0 Å². The second kappa shape index (κ2) is 7.02. The Labute approximate surface area is 164 Å². The lowest BCUT2D eigenvalue weighted by atomic mass is 9.87. The summed E-state index contributed by atoms with van der Waals surface area (Å²) in [5.41, 5.74) is 4.17. The first-order chi connectivity index (χ1) is 13.3. The SMILES string of the molecule is CC(C)(C)C(=O)c1c[nH]c2ncc(-c3cccc(N4CCC(O)CC4)c3)nc12. The van der Waals surface area contributed by atoms with E-state index in [9.17, 15) is 9.90 Å². The van der Waals surface area contributed by atoms with Crippen LogP contribution in [-0.4, -0.2) is 45.0 Å². The minimum Gasteiger partial charge on any atom is -0.393 e. The molecule has 6 nitrogen and oxygen atoms in total. The third kappa shape index (κ3) is 3.52. The molecule has 28 heavy (non-hydrogen) atoms. The number of carbonyl (C=O) groups excluding carboxylic acids is 1. The molecule has 0 atom stereocenters. The highest BCUT2D eigenvalue weighted by atomic mass is 16.3. The highest BCUT2D eigenvalue weighted by molar-refractivity contribution is 6.08. The first-order valence-corrected chi connectivity index (χ1v) is 9.75. The van der Waals surface area contributed by atoms with Crippen molar-refractivity contribution in [2.45, 2.75) is 39.7 Å². The summed E-state index contributed by atoms with van der Waals surface area (Å²) >= 11 is 0. The zero-order valence-electron chi connectivity index (χ0n) is 16.6. The lowest BCUT2D eigenvalue weighted by Crippen LogP contribution is -2.35. The summed E-state index contributed by atoms with van der Waals surface area (Å²) < 4.78 is 0. The minimum atomic E-state index is -0.481. The largest absolute Gasteiger partial charge is 0.393 e. The van der Waals surface area contributed by atoms with Gasteiger partial charge in [0.05, 0.1) is 23.6 Å². The number of rotatable bonds is 3. The van der Waals surface area contributed by atoms with Crippen LogP contribution in [0.15, 0.2) is 36.7 Å². The van der Waals surface area contributed by atoms with E-state index in [0.717, 1.165) is 42.9 Å². The lowest BCUT2D eigenvalue weighted by Gasteiger charge is -2.31. The maximum Gasteiger partial charge on any atom is 0.171 e. The molecule has 0 bridgehead atoms. The first kappa shape index (κ1) is 18.6. The fraction of sp³-hybridized carbons (Fsp3) is 0.409. The summed E-state index contributed by atoms with van der Waals surface area (Å²) in [6.45, 7) is 7.41. The number of aromatic nitrogens is 3. The van der Waals surface area contributed by atoms with Gasteiger partial charge in [0.15, 0.2) is 11.4 Å². The molecule has 2 N–H and O–H groups in total. The monoisotopic (exact) mass is 378 g/mol. The summed E-state index contributed by atoms with van der Waals surface area (Å²) in [5, 5.41) is 9.74. The smallest absolute Gasteiger partial charge is 0.171 e. The fourth-order valence-corrected chi connectivity index (χ4v) is 3.59. The third-order valence-electron chi connectivity index (χ3n) is 5.28. The number of carbonyl (C=O) groups is 1. The molecule has 1 fully saturated rings. The zero-order chi connectivity index (χ0) is 19.9. The normalized spacial score (nSPS) is 15.9. The summed E-state index contributed by atoms with van der Waals surface area (Å²) in [5.74, 6) is 0.0471. The number of aliphatic hydroxyl groups is 1. The summed E-state index contributed by atoms with van der Waals surface area (Å²) in [6.07, 6.45) is 4.83. The quantitative estimate of drug-likeness (QED) is 0.677. The van der Waals surface area contributed by atoms with Gasteiger partial charge in [-0.1, -0.05) is 32.9 Å². The van der Waals surface area contributed by atoms with Gasteiger partial charge in [-0.2, -0.15) is 0 Å². The van der Waals surface area contributed by atoms with Crippen LogP contribution in [0.2, 0.25) is 0 Å². The van der Waals surface area contributed by atoms with Gasteiger partial charge in [-0.25, -0.2) is 9.97 Å². The van der Waals surface area contributed by atoms with Gasteiger partial charge in [-0.15, -0.1) is 0 Å². The van der Waals surface area contributed by atoms with Gasteiger partial charge in [0.2, 0.25) is 0 Å². The van der Waals surface area contributed by atoms with Crippen molar-refractivity contribution in [1.29, 1.82) is 0 Å². The number of benzene rings is 1. The Morgan fingerprint density at radius 1 is 1.25 bits per heavy atom. The van der Waals surface area contributed by atoms with Gasteiger partial charge in [0.1, 0.15) is 5.52 Å². The van der Waals surface area contributed by atoms with Crippen LogP contribution in [-0.2, 0) is 0 Å². The molecular formula is C22H26N4O2. The number of nitrogens with zero attached hydrogens (tertiary/aromatic N) is 3. The topological polar surface area (TPSA) is 82.1 Å². The van der Waals surface area contributed by atoms with Crippen molar-refractivity contribution in [3.63, 3.8) is 0 Å². The molecule has 3 heterocycles. The molecule has 0 spiro atoms. The van der Waals surface area contributed by atoms with Crippen molar-refractivity contribution in [2.24, 2.45) is 5.41 Å². The summed E-state index contributed by atoms with van der Waals surface area (Å²) in [4.78, 5) is 27.3. The molecule has 1 aromatic carbocycles. The maximum absolute atomic E-state index is 12.8. The Bertz CT molecular complexity index is 1010. The maximum atomic E-state index is 12.8. The van der Waals surface area contributed by atoms with Crippen LogP contribution in [0.25, 0.3) is 22.4 Å². The van der Waals surface area contributed by atoms with E-state index in [4.69, 9.17) is 4.98 Å². The Balaban J connectivity index is 1.70.